The van der Waals surface area contributed by atoms with E-state index in [0.29, 0.717) is 0 Å². The molecule has 0 bridgehead atoms. The summed E-state index contributed by atoms with van der Waals surface area (Å²) in [5.41, 5.74) is -0.433. The highest BCUT2D eigenvalue weighted by Crippen LogP contribution is 2.39. The number of rotatable bonds is 3. The number of hydrogen-bond donors (Lipinski definition) is 0. The van der Waals surface area contributed by atoms with Crippen LogP contribution in [0.25, 0.3) is 0 Å². The van der Waals surface area contributed by atoms with Crippen LogP contribution in [0.5, 0.6) is 0 Å². The zero-order chi connectivity index (χ0) is 18.8. The average Bonchev–Trinajstić information content (AvgIpc) is 2.91. The van der Waals surface area contributed by atoms with Crippen LogP contribution in [-0.2, 0) is 14.3 Å². The summed E-state index contributed by atoms with van der Waals surface area (Å²) in [6, 6.07) is 4.36. The SMILES string of the molecule is CCOC(=O)C1CN(C(=O)OC(C)(C)C)CC1c1c(F)cccc1Cl. The third kappa shape index (κ3) is 4.63. The Bertz CT molecular complexity index is 639. The van der Waals surface area contributed by atoms with Crippen LogP contribution >= 0.6 is 11.6 Å². The molecule has 1 aliphatic rings. The molecule has 0 N–H and O–H groups in total. The van der Waals surface area contributed by atoms with E-state index in [0.717, 1.165) is 0 Å². The molecule has 5 nitrogen and oxygen atoms in total. The number of nitrogens with zero attached hydrogens (tertiary/aromatic N) is 1. The maximum absolute atomic E-state index is 14.4. The van der Waals surface area contributed by atoms with Crippen molar-refractivity contribution in [1.82, 2.24) is 4.90 Å². The van der Waals surface area contributed by atoms with Gasteiger partial charge in [0.05, 0.1) is 12.5 Å². The number of benzene rings is 1. The average molecular weight is 372 g/mol. The van der Waals surface area contributed by atoms with Crippen molar-refractivity contribution in [3.05, 3.63) is 34.6 Å². The first-order chi connectivity index (χ1) is 11.6. The molecule has 1 heterocycles. The highest BCUT2D eigenvalue weighted by atomic mass is 35.5. The van der Waals surface area contributed by atoms with Gasteiger partial charge in [0.1, 0.15) is 11.4 Å². The fourth-order valence-electron chi connectivity index (χ4n) is 2.92. The minimum Gasteiger partial charge on any atom is -0.466 e. The van der Waals surface area contributed by atoms with Crippen molar-refractivity contribution in [3.63, 3.8) is 0 Å². The Morgan fingerprint density at radius 2 is 2.00 bits per heavy atom. The van der Waals surface area contributed by atoms with Gasteiger partial charge in [0.2, 0.25) is 0 Å². The topological polar surface area (TPSA) is 55.8 Å². The maximum Gasteiger partial charge on any atom is 0.410 e. The number of halogens is 2. The second-order valence-electron chi connectivity index (χ2n) is 6.99. The molecule has 2 atom stereocenters. The second-order valence-corrected chi connectivity index (χ2v) is 7.39. The lowest BCUT2D eigenvalue weighted by atomic mass is 9.88. The van der Waals surface area contributed by atoms with Crippen molar-refractivity contribution in [2.24, 2.45) is 5.92 Å². The molecule has 1 aliphatic heterocycles. The molecule has 2 unspecified atom stereocenters. The number of hydrogen-bond acceptors (Lipinski definition) is 4. The number of esters is 1. The van der Waals surface area contributed by atoms with Crippen molar-refractivity contribution in [2.45, 2.75) is 39.2 Å². The standard InChI is InChI=1S/C18H23ClFNO4/c1-5-24-16(22)12-10-21(17(23)25-18(2,3)4)9-11(12)15-13(19)7-6-8-14(15)20/h6-8,11-12H,5,9-10H2,1-4H3. The van der Waals surface area contributed by atoms with Gasteiger partial charge in [0, 0.05) is 29.6 Å². The Morgan fingerprint density at radius 1 is 1.32 bits per heavy atom. The highest BCUT2D eigenvalue weighted by Gasteiger charge is 2.44. The molecule has 0 aromatic heterocycles. The van der Waals surface area contributed by atoms with Crippen molar-refractivity contribution in [3.8, 4) is 0 Å². The Balaban J connectivity index is 2.32. The monoisotopic (exact) mass is 371 g/mol. The van der Waals surface area contributed by atoms with Crippen LogP contribution in [0.1, 0.15) is 39.2 Å². The largest absolute Gasteiger partial charge is 0.466 e. The molecule has 1 amide bonds. The lowest BCUT2D eigenvalue weighted by molar-refractivity contribution is -0.147. The molecule has 0 saturated carbocycles. The molecule has 1 saturated heterocycles. The number of amides is 1. The van der Waals surface area contributed by atoms with Crippen molar-refractivity contribution in [2.75, 3.05) is 19.7 Å². The highest BCUT2D eigenvalue weighted by molar-refractivity contribution is 6.31. The normalized spacial score (nSPS) is 20.5. The van der Waals surface area contributed by atoms with E-state index >= 15 is 0 Å². The molecule has 25 heavy (non-hydrogen) atoms. The summed E-state index contributed by atoms with van der Waals surface area (Å²) >= 11 is 6.16. The van der Waals surface area contributed by atoms with Gasteiger partial charge in [-0.15, -0.1) is 0 Å². The summed E-state index contributed by atoms with van der Waals surface area (Å²) in [7, 11) is 0. The molecule has 0 aliphatic carbocycles. The van der Waals surface area contributed by atoms with E-state index in [-0.39, 0.29) is 30.3 Å². The first-order valence-corrected chi connectivity index (χ1v) is 8.60. The summed E-state index contributed by atoms with van der Waals surface area (Å²) in [5.74, 6) is -2.25. The summed E-state index contributed by atoms with van der Waals surface area (Å²) in [5, 5.41) is 0.227. The molecule has 0 radical (unpaired) electrons. The van der Waals surface area contributed by atoms with Crippen molar-refractivity contribution < 1.29 is 23.5 Å². The molecular weight excluding hydrogens is 349 g/mol. The minimum atomic E-state index is -0.693. The zero-order valence-electron chi connectivity index (χ0n) is 14.8. The molecule has 1 aromatic carbocycles. The first kappa shape index (κ1) is 19.5. The van der Waals surface area contributed by atoms with E-state index in [4.69, 9.17) is 21.1 Å². The van der Waals surface area contributed by atoms with Gasteiger partial charge >= 0.3 is 12.1 Å². The van der Waals surface area contributed by atoms with E-state index in [1.807, 2.05) is 0 Å². The van der Waals surface area contributed by atoms with Crippen LogP contribution in [0.3, 0.4) is 0 Å². The Kier molecular flexibility index (Phi) is 5.93. The second kappa shape index (κ2) is 7.60. The lowest BCUT2D eigenvalue weighted by Gasteiger charge is -2.24. The number of carbonyl (C=O) groups excluding carboxylic acids is 2. The van der Waals surface area contributed by atoms with Gasteiger partial charge in [-0.1, -0.05) is 17.7 Å². The van der Waals surface area contributed by atoms with Crippen LogP contribution in [0.4, 0.5) is 9.18 Å². The quantitative estimate of drug-likeness (QED) is 0.754. The minimum absolute atomic E-state index is 0.100. The van der Waals surface area contributed by atoms with Gasteiger partial charge in [-0.25, -0.2) is 9.18 Å². The Morgan fingerprint density at radius 3 is 2.56 bits per heavy atom. The third-order valence-corrected chi connectivity index (χ3v) is 4.26. The number of ether oxygens (including phenoxy) is 2. The predicted octanol–water partition coefficient (Wildman–Crippen LogP) is 3.99. The fourth-order valence-corrected chi connectivity index (χ4v) is 3.23. The summed E-state index contributed by atoms with van der Waals surface area (Å²) in [6.45, 7) is 7.42. The molecular formula is C18H23ClFNO4. The predicted molar refractivity (Wildman–Crippen MR) is 92.1 cm³/mol. The van der Waals surface area contributed by atoms with Crippen molar-refractivity contribution in [1.29, 1.82) is 0 Å². The van der Waals surface area contributed by atoms with Crippen LogP contribution in [0.15, 0.2) is 18.2 Å². The number of carbonyl (C=O) groups is 2. The van der Waals surface area contributed by atoms with E-state index in [9.17, 15) is 14.0 Å². The van der Waals surface area contributed by atoms with Gasteiger partial charge in [-0.05, 0) is 39.8 Å². The van der Waals surface area contributed by atoms with Gasteiger partial charge in [-0.2, -0.15) is 0 Å². The molecule has 138 valence electrons. The Labute approximate surface area is 152 Å². The van der Waals surface area contributed by atoms with Gasteiger partial charge < -0.3 is 14.4 Å². The first-order valence-electron chi connectivity index (χ1n) is 8.22. The zero-order valence-corrected chi connectivity index (χ0v) is 15.6. The Hall–Kier alpha value is -1.82. The van der Waals surface area contributed by atoms with Gasteiger partial charge in [0.15, 0.2) is 0 Å². The smallest absolute Gasteiger partial charge is 0.410 e. The third-order valence-electron chi connectivity index (χ3n) is 3.93. The van der Waals surface area contributed by atoms with Crippen molar-refractivity contribution >= 4 is 23.7 Å². The molecule has 1 aromatic rings. The van der Waals surface area contributed by atoms with Crippen LogP contribution in [-0.4, -0.2) is 42.3 Å². The molecule has 0 spiro atoms. The molecule has 1 fully saturated rings. The van der Waals surface area contributed by atoms with Crippen LogP contribution in [0, 0.1) is 11.7 Å². The molecule has 2 rings (SSSR count). The van der Waals surface area contributed by atoms with E-state index < -0.39 is 35.3 Å². The van der Waals surface area contributed by atoms with E-state index in [2.05, 4.69) is 0 Å². The molecule has 7 heteroatoms. The van der Waals surface area contributed by atoms with Gasteiger partial charge in [-0.3, -0.25) is 4.79 Å². The van der Waals surface area contributed by atoms with Gasteiger partial charge in [0.25, 0.3) is 0 Å². The van der Waals surface area contributed by atoms with E-state index in [1.54, 1.807) is 33.8 Å². The lowest BCUT2D eigenvalue weighted by Crippen LogP contribution is -2.36. The fraction of sp³-hybridized carbons (Fsp3) is 0.556. The summed E-state index contributed by atoms with van der Waals surface area (Å²) in [4.78, 5) is 26.1. The van der Waals surface area contributed by atoms with E-state index in [1.165, 1.54) is 17.0 Å². The summed E-state index contributed by atoms with van der Waals surface area (Å²) in [6.07, 6.45) is -0.545. The van der Waals surface area contributed by atoms with Crippen LogP contribution < -0.4 is 0 Å². The maximum atomic E-state index is 14.4. The number of likely N-dealkylation sites (tertiary alicyclic amines) is 1. The summed E-state index contributed by atoms with van der Waals surface area (Å²) < 4.78 is 24.8. The van der Waals surface area contributed by atoms with Crippen LogP contribution in [0.2, 0.25) is 5.02 Å².